The second-order valence-corrected chi connectivity index (χ2v) is 4.43. The fraction of sp³-hybridized carbons (Fsp3) is 0.417. The monoisotopic (exact) mass is 268 g/mol. The van der Waals surface area contributed by atoms with Crippen LogP contribution in [-0.2, 0) is 9.53 Å². The molecule has 6 heteroatoms. The van der Waals surface area contributed by atoms with E-state index in [2.05, 4.69) is 9.72 Å². The first kappa shape index (κ1) is 12.8. The molecule has 1 aromatic rings. The van der Waals surface area contributed by atoms with E-state index in [-0.39, 0.29) is 11.8 Å². The van der Waals surface area contributed by atoms with E-state index < -0.39 is 5.97 Å². The van der Waals surface area contributed by atoms with Crippen LogP contribution in [0.15, 0.2) is 18.3 Å². The first-order valence-electron chi connectivity index (χ1n) is 5.56. The van der Waals surface area contributed by atoms with E-state index >= 15 is 0 Å². The highest BCUT2D eigenvalue weighted by Crippen LogP contribution is 2.24. The van der Waals surface area contributed by atoms with Crippen LogP contribution >= 0.6 is 11.6 Å². The highest BCUT2D eigenvalue weighted by atomic mass is 35.5. The van der Waals surface area contributed by atoms with Gasteiger partial charge in [-0.25, -0.2) is 9.78 Å². The largest absolute Gasteiger partial charge is 0.465 e. The minimum atomic E-state index is -0.444. The maximum Gasteiger partial charge on any atom is 0.339 e. The number of nitrogens with zero attached hydrogens (tertiary/aromatic N) is 2. The molecule has 0 bridgehead atoms. The molecule has 2 rings (SSSR count). The number of pyridine rings is 1. The Morgan fingerprint density at radius 2 is 2.39 bits per heavy atom. The molecule has 1 aromatic heterocycles. The van der Waals surface area contributed by atoms with Gasteiger partial charge in [-0.3, -0.25) is 9.69 Å². The Hall–Kier alpha value is -1.62. The third-order valence-electron chi connectivity index (χ3n) is 2.87. The van der Waals surface area contributed by atoms with Gasteiger partial charge < -0.3 is 4.74 Å². The molecule has 18 heavy (non-hydrogen) atoms. The Bertz CT molecular complexity index is 461. The second-order valence-electron chi connectivity index (χ2n) is 4.13. The van der Waals surface area contributed by atoms with Crippen molar-refractivity contribution in [1.82, 2.24) is 4.98 Å². The Balaban J connectivity index is 2.15. The smallest absolute Gasteiger partial charge is 0.339 e. The number of esters is 1. The molecule has 0 radical (unpaired) electrons. The molecular formula is C12H13ClN2O3. The molecule has 1 amide bonds. The van der Waals surface area contributed by atoms with Crippen LogP contribution in [0.2, 0.25) is 0 Å². The molecule has 0 saturated carbocycles. The number of alkyl halides is 1. The maximum absolute atomic E-state index is 11.8. The summed E-state index contributed by atoms with van der Waals surface area (Å²) in [7, 11) is 1.31. The van der Waals surface area contributed by atoms with Crippen LogP contribution < -0.4 is 4.90 Å². The summed E-state index contributed by atoms with van der Waals surface area (Å²) in [5.41, 5.74) is 0.363. The van der Waals surface area contributed by atoms with Gasteiger partial charge in [0.15, 0.2) is 0 Å². The number of hydrogen-bond donors (Lipinski definition) is 0. The van der Waals surface area contributed by atoms with E-state index in [1.165, 1.54) is 13.3 Å². The zero-order valence-electron chi connectivity index (χ0n) is 9.93. The number of amides is 1. The van der Waals surface area contributed by atoms with Gasteiger partial charge in [0.05, 0.1) is 12.7 Å². The molecule has 1 atom stereocenters. The number of carbonyl (C=O) groups excluding carboxylic acids is 2. The molecule has 0 N–H and O–H groups in total. The van der Waals surface area contributed by atoms with Crippen molar-refractivity contribution >= 4 is 29.3 Å². The molecule has 1 unspecified atom stereocenters. The highest BCUT2D eigenvalue weighted by molar-refractivity contribution is 6.18. The average Bonchev–Trinajstić information content (AvgIpc) is 2.79. The number of hydrogen-bond acceptors (Lipinski definition) is 4. The molecule has 0 aliphatic carbocycles. The third kappa shape index (κ3) is 2.46. The van der Waals surface area contributed by atoms with Crippen LogP contribution in [0.5, 0.6) is 0 Å². The molecule has 1 aliphatic rings. The van der Waals surface area contributed by atoms with Gasteiger partial charge in [0.1, 0.15) is 5.82 Å². The van der Waals surface area contributed by atoms with Crippen LogP contribution in [0, 0.1) is 5.92 Å². The molecule has 1 aliphatic heterocycles. The molecule has 1 saturated heterocycles. The minimum Gasteiger partial charge on any atom is -0.465 e. The maximum atomic E-state index is 11.8. The lowest BCUT2D eigenvalue weighted by atomic mass is 10.1. The van der Waals surface area contributed by atoms with Gasteiger partial charge >= 0.3 is 5.97 Å². The number of ether oxygens (including phenoxy) is 1. The molecule has 96 valence electrons. The number of methoxy groups -OCH3 is 1. The SMILES string of the molecule is COC(=O)c1ccc(N2CC(CCl)CC2=O)nc1. The molecule has 1 fully saturated rings. The average molecular weight is 269 g/mol. The second kappa shape index (κ2) is 5.35. The molecule has 2 heterocycles. The summed E-state index contributed by atoms with van der Waals surface area (Å²) in [5, 5.41) is 0. The summed E-state index contributed by atoms with van der Waals surface area (Å²) in [6.07, 6.45) is 1.85. The number of anilines is 1. The lowest BCUT2D eigenvalue weighted by Crippen LogP contribution is -2.25. The lowest BCUT2D eigenvalue weighted by Gasteiger charge is -2.15. The van der Waals surface area contributed by atoms with Gasteiger partial charge in [0.2, 0.25) is 5.91 Å². The summed E-state index contributed by atoms with van der Waals surface area (Å²) < 4.78 is 4.58. The fourth-order valence-corrected chi connectivity index (χ4v) is 2.10. The summed E-state index contributed by atoms with van der Waals surface area (Å²) in [5.74, 6) is 0.739. The normalized spacial score (nSPS) is 19.1. The predicted octanol–water partition coefficient (Wildman–Crippen LogP) is 1.46. The van der Waals surface area contributed by atoms with E-state index in [1.807, 2.05) is 0 Å². The van der Waals surface area contributed by atoms with Crippen molar-refractivity contribution < 1.29 is 14.3 Å². The first-order chi connectivity index (χ1) is 8.65. The van der Waals surface area contributed by atoms with E-state index in [0.717, 1.165) is 0 Å². The number of aromatic nitrogens is 1. The summed E-state index contributed by atoms with van der Waals surface area (Å²) >= 11 is 5.75. The summed E-state index contributed by atoms with van der Waals surface area (Å²) in [4.78, 5) is 28.7. The Labute approximate surface area is 110 Å². The highest BCUT2D eigenvalue weighted by Gasteiger charge is 2.30. The van der Waals surface area contributed by atoms with E-state index in [4.69, 9.17) is 11.6 Å². The zero-order valence-corrected chi connectivity index (χ0v) is 10.7. The minimum absolute atomic E-state index is 0.0129. The van der Waals surface area contributed by atoms with Crippen LogP contribution in [-0.4, -0.2) is 36.4 Å². The first-order valence-corrected chi connectivity index (χ1v) is 6.10. The Morgan fingerprint density at radius 3 is 2.89 bits per heavy atom. The van der Waals surface area contributed by atoms with Crippen molar-refractivity contribution in [2.45, 2.75) is 6.42 Å². The molecule has 0 spiro atoms. The van der Waals surface area contributed by atoms with Crippen molar-refractivity contribution in [3.63, 3.8) is 0 Å². The van der Waals surface area contributed by atoms with Gasteiger partial charge in [-0.1, -0.05) is 0 Å². The van der Waals surface area contributed by atoms with Crippen molar-refractivity contribution in [3.05, 3.63) is 23.9 Å². The van der Waals surface area contributed by atoms with Crippen molar-refractivity contribution in [1.29, 1.82) is 0 Å². The van der Waals surface area contributed by atoms with Crippen LogP contribution in [0.1, 0.15) is 16.8 Å². The quantitative estimate of drug-likeness (QED) is 0.615. The zero-order chi connectivity index (χ0) is 13.1. The Kier molecular flexibility index (Phi) is 3.81. The Morgan fingerprint density at radius 1 is 1.61 bits per heavy atom. The van der Waals surface area contributed by atoms with Gasteiger partial charge in [-0.15, -0.1) is 11.6 Å². The van der Waals surface area contributed by atoms with Crippen molar-refractivity contribution in [3.8, 4) is 0 Å². The van der Waals surface area contributed by atoms with Crippen LogP contribution in [0.4, 0.5) is 5.82 Å². The number of halogens is 1. The van der Waals surface area contributed by atoms with Gasteiger partial charge in [-0.05, 0) is 18.1 Å². The van der Waals surface area contributed by atoms with Crippen molar-refractivity contribution in [2.75, 3.05) is 24.4 Å². The van der Waals surface area contributed by atoms with E-state index in [9.17, 15) is 9.59 Å². The fourth-order valence-electron chi connectivity index (χ4n) is 1.89. The topological polar surface area (TPSA) is 59.5 Å². The van der Waals surface area contributed by atoms with Crippen molar-refractivity contribution in [2.24, 2.45) is 5.92 Å². The summed E-state index contributed by atoms with van der Waals surface area (Å²) in [6, 6.07) is 3.23. The van der Waals surface area contributed by atoms with E-state index in [1.54, 1.807) is 17.0 Å². The molecule has 5 nitrogen and oxygen atoms in total. The predicted molar refractivity (Wildman–Crippen MR) is 66.8 cm³/mol. The van der Waals surface area contributed by atoms with Gasteiger partial charge in [0, 0.05) is 25.0 Å². The lowest BCUT2D eigenvalue weighted by molar-refractivity contribution is -0.117. The summed E-state index contributed by atoms with van der Waals surface area (Å²) in [6.45, 7) is 0.576. The van der Waals surface area contributed by atoms with E-state index in [0.29, 0.717) is 30.2 Å². The number of carbonyl (C=O) groups is 2. The number of rotatable bonds is 3. The van der Waals surface area contributed by atoms with Gasteiger partial charge in [-0.2, -0.15) is 0 Å². The molecular weight excluding hydrogens is 256 g/mol. The molecule has 0 aromatic carbocycles. The third-order valence-corrected chi connectivity index (χ3v) is 3.31. The standard InChI is InChI=1S/C12H13ClN2O3/c1-18-12(17)9-2-3-10(14-6-9)15-7-8(5-13)4-11(15)16/h2-3,6,8H,4-5,7H2,1H3. The van der Waals surface area contributed by atoms with Crippen LogP contribution in [0.25, 0.3) is 0 Å². The van der Waals surface area contributed by atoms with Crippen LogP contribution in [0.3, 0.4) is 0 Å². The van der Waals surface area contributed by atoms with Gasteiger partial charge in [0.25, 0.3) is 0 Å².